The Balaban J connectivity index is 1.71. The van der Waals surface area contributed by atoms with Crippen LogP contribution in [0.2, 0.25) is 0 Å². The van der Waals surface area contributed by atoms with Gasteiger partial charge >= 0.3 is 0 Å². The smallest absolute Gasteiger partial charge is 0.227 e. The number of carbonyl (C=O) groups excluding carboxylic acids is 1. The Bertz CT molecular complexity index is 1030. The second-order valence-corrected chi connectivity index (χ2v) is 13.4. The Hall–Kier alpha value is -1.88. The Labute approximate surface area is 204 Å². The molecule has 0 N–H and O–H groups in total. The van der Waals surface area contributed by atoms with Crippen molar-refractivity contribution in [2.24, 2.45) is 5.92 Å². The van der Waals surface area contributed by atoms with E-state index in [2.05, 4.69) is 0 Å². The maximum atomic E-state index is 14.9. The van der Waals surface area contributed by atoms with Crippen molar-refractivity contribution in [3.05, 3.63) is 28.8 Å². The third kappa shape index (κ3) is 5.93. The van der Waals surface area contributed by atoms with Crippen molar-refractivity contribution in [3.8, 4) is 0 Å². The van der Waals surface area contributed by atoms with Gasteiger partial charge in [0, 0.05) is 31.7 Å². The number of piperidine rings is 1. The summed E-state index contributed by atoms with van der Waals surface area (Å²) in [5.41, 5.74) is -1.74. The molecule has 0 unspecified atom stereocenters. The molecule has 2 atom stereocenters. The molecule has 6 nitrogen and oxygen atoms in total. The van der Waals surface area contributed by atoms with Crippen molar-refractivity contribution < 1.29 is 35.5 Å². The van der Waals surface area contributed by atoms with Gasteiger partial charge in [-0.15, -0.1) is 0 Å². The minimum atomic E-state index is -3.32. The minimum Gasteiger partial charge on any atom is -0.372 e. The van der Waals surface area contributed by atoms with Crippen molar-refractivity contribution in [3.63, 3.8) is 0 Å². The van der Waals surface area contributed by atoms with Crippen LogP contribution in [0.4, 0.5) is 23.2 Å². The molecule has 1 amide bonds. The molecule has 0 bridgehead atoms. The van der Waals surface area contributed by atoms with Gasteiger partial charge in [0.05, 0.1) is 29.1 Å². The van der Waals surface area contributed by atoms with E-state index in [1.54, 1.807) is 34.6 Å². The van der Waals surface area contributed by atoms with Crippen LogP contribution in [0.15, 0.2) is 0 Å². The van der Waals surface area contributed by atoms with Crippen LogP contribution in [0, 0.1) is 29.2 Å². The van der Waals surface area contributed by atoms with Crippen LogP contribution in [0.3, 0.4) is 0 Å². The average molecular weight is 523 g/mol. The summed E-state index contributed by atoms with van der Waals surface area (Å²) in [4.78, 5) is 15.3. The number of ether oxygens (including phenoxy) is 1. The monoisotopic (exact) mass is 522 g/mol. The number of hydrogen-bond acceptors (Lipinski definition) is 5. The number of benzene rings is 1. The van der Waals surface area contributed by atoms with Crippen LogP contribution in [0.25, 0.3) is 0 Å². The molecular formula is C24H34F4N2O4S. The van der Waals surface area contributed by atoms with Gasteiger partial charge in [0.2, 0.25) is 5.91 Å². The number of sulfone groups is 1. The Morgan fingerprint density at radius 2 is 1.43 bits per heavy atom. The highest BCUT2D eigenvalue weighted by molar-refractivity contribution is 7.92. The van der Waals surface area contributed by atoms with Gasteiger partial charge in [0.1, 0.15) is 5.69 Å². The van der Waals surface area contributed by atoms with E-state index in [1.165, 1.54) is 9.80 Å². The summed E-state index contributed by atoms with van der Waals surface area (Å²) in [7, 11) is -3.32. The number of hydrogen-bond donors (Lipinski definition) is 0. The molecule has 2 aliphatic heterocycles. The Morgan fingerprint density at radius 1 is 0.943 bits per heavy atom. The van der Waals surface area contributed by atoms with Crippen molar-refractivity contribution in [2.75, 3.05) is 36.8 Å². The van der Waals surface area contributed by atoms with E-state index in [1.807, 2.05) is 0 Å². The van der Waals surface area contributed by atoms with Gasteiger partial charge in [-0.25, -0.2) is 26.0 Å². The van der Waals surface area contributed by atoms with E-state index in [0.29, 0.717) is 12.8 Å². The number of nitrogens with zero attached hydrogens (tertiary/aromatic N) is 2. The van der Waals surface area contributed by atoms with Gasteiger partial charge in [-0.1, -0.05) is 0 Å². The van der Waals surface area contributed by atoms with Gasteiger partial charge < -0.3 is 14.5 Å². The van der Waals surface area contributed by atoms with Gasteiger partial charge in [-0.2, -0.15) is 0 Å². The van der Waals surface area contributed by atoms with Gasteiger partial charge in [0.25, 0.3) is 0 Å². The van der Waals surface area contributed by atoms with E-state index in [-0.39, 0.29) is 50.1 Å². The highest BCUT2D eigenvalue weighted by Gasteiger charge is 2.36. The molecule has 0 radical (unpaired) electrons. The molecule has 11 heteroatoms. The van der Waals surface area contributed by atoms with Gasteiger partial charge in [-0.3, -0.25) is 4.79 Å². The van der Waals surface area contributed by atoms with Crippen LogP contribution in [0.1, 0.15) is 53.0 Å². The van der Waals surface area contributed by atoms with Gasteiger partial charge in [-0.05, 0) is 53.4 Å². The molecule has 2 heterocycles. The van der Waals surface area contributed by atoms with Crippen LogP contribution < -0.4 is 4.90 Å². The SMILES string of the molecule is C[C@@H]1CN(c2c(F)c(F)c(CC(=O)N3CCC(CS(=O)(=O)C(C)(C)C)CC3)c(F)c2F)C[C@H](C)O1. The predicted octanol–water partition coefficient (Wildman–Crippen LogP) is 3.85. The zero-order valence-corrected chi connectivity index (χ0v) is 21.7. The Kier molecular flexibility index (Phi) is 8.10. The lowest BCUT2D eigenvalue weighted by molar-refractivity contribution is -0.131. The normalized spacial score (nSPS) is 22.5. The Morgan fingerprint density at radius 3 is 1.89 bits per heavy atom. The summed E-state index contributed by atoms with van der Waals surface area (Å²) in [5.74, 6) is -7.02. The van der Waals surface area contributed by atoms with E-state index >= 15 is 0 Å². The molecule has 0 saturated carbocycles. The second kappa shape index (κ2) is 10.2. The highest BCUT2D eigenvalue weighted by atomic mass is 32.2. The summed E-state index contributed by atoms with van der Waals surface area (Å²) in [6, 6.07) is 0. The number of anilines is 1. The molecule has 0 aromatic heterocycles. The van der Waals surface area contributed by atoms with Crippen molar-refractivity contribution in [1.29, 1.82) is 0 Å². The molecule has 2 saturated heterocycles. The maximum Gasteiger partial charge on any atom is 0.227 e. The number of morpholine rings is 1. The fraction of sp³-hybridized carbons (Fsp3) is 0.708. The molecule has 0 aliphatic carbocycles. The molecule has 3 rings (SSSR count). The minimum absolute atomic E-state index is 0.00154. The maximum absolute atomic E-state index is 14.9. The average Bonchev–Trinajstić information content (AvgIpc) is 2.74. The largest absolute Gasteiger partial charge is 0.372 e. The predicted molar refractivity (Wildman–Crippen MR) is 125 cm³/mol. The number of rotatable bonds is 5. The summed E-state index contributed by atoms with van der Waals surface area (Å²) in [6.07, 6.45) is -0.757. The first-order valence-electron chi connectivity index (χ1n) is 11.9. The fourth-order valence-electron chi connectivity index (χ4n) is 4.63. The molecule has 2 fully saturated rings. The molecule has 1 aromatic carbocycles. The number of amides is 1. The summed E-state index contributed by atoms with van der Waals surface area (Å²) < 4.78 is 89.0. The highest BCUT2D eigenvalue weighted by Crippen LogP contribution is 2.33. The van der Waals surface area contributed by atoms with Crippen LogP contribution in [0.5, 0.6) is 0 Å². The zero-order valence-electron chi connectivity index (χ0n) is 20.8. The van der Waals surface area contributed by atoms with Crippen molar-refractivity contribution in [1.82, 2.24) is 4.90 Å². The number of likely N-dealkylation sites (tertiary alicyclic amines) is 1. The quantitative estimate of drug-likeness (QED) is 0.434. The standard InChI is InChI=1S/C24H34F4N2O4S/c1-14-11-30(12-15(2)34-14)23-21(27)19(25)17(20(26)22(23)28)10-18(31)29-8-6-16(7-9-29)13-35(32,33)24(3,4)5/h14-16H,6-13H2,1-5H3/t14-,15+. The lowest BCUT2D eigenvalue weighted by Gasteiger charge is -2.37. The lowest BCUT2D eigenvalue weighted by Crippen LogP contribution is -2.46. The summed E-state index contributed by atoms with van der Waals surface area (Å²) in [5, 5.41) is 0. The van der Waals surface area contributed by atoms with E-state index in [9.17, 15) is 30.8 Å². The lowest BCUT2D eigenvalue weighted by atomic mass is 9.98. The molecule has 2 aliphatic rings. The fourth-order valence-corrected chi connectivity index (χ4v) is 6.09. The van der Waals surface area contributed by atoms with Crippen LogP contribution in [-0.2, 0) is 25.8 Å². The summed E-state index contributed by atoms with van der Waals surface area (Å²) >= 11 is 0. The third-order valence-corrected chi connectivity index (χ3v) is 9.53. The third-order valence-electron chi connectivity index (χ3n) is 6.75. The van der Waals surface area contributed by atoms with E-state index in [0.717, 1.165) is 0 Å². The zero-order chi connectivity index (χ0) is 26.3. The molecular weight excluding hydrogens is 488 g/mol. The molecule has 0 spiro atoms. The first-order chi connectivity index (χ1) is 16.1. The number of halogens is 4. The van der Waals surface area contributed by atoms with Crippen LogP contribution in [-0.4, -0.2) is 68.1 Å². The van der Waals surface area contributed by atoms with Crippen molar-refractivity contribution >= 4 is 21.4 Å². The summed E-state index contributed by atoms with van der Waals surface area (Å²) in [6.45, 7) is 8.83. The first kappa shape index (κ1) is 27.7. The van der Waals surface area contributed by atoms with Crippen molar-refractivity contribution in [2.45, 2.75) is 70.8 Å². The van der Waals surface area contributed by atoms with E-state index in [4.69, 9.17) is 4.74 Å². The molecule has 198 valence electrons. The molecule has 35 heavy (non-hydrogen) atoms. The topological polar surface area (TPSA) is 66.9 Å². The molecule has 1 aromatic rings. The van der Waals surface area contributed by atoms with Gasteiger partial charge in [0.15, 0.2) is 33.1 Å². The first-order valence-corrected chi connectivity index (χ1v) is 13.5. The number of carbonyl (C=O) groups is 1. The van der Waals surface area contributed by atoms with E-state index < -0.39 is 61.4 Å². The van der Waals surface area contributed by atoms with Crippen LogP contribution >= 0.6 is 0 Å². The second-order valence-electron chi connectivity index (χ2n) is 10.6.